The molecule has 2 N–H and O–H groups in total. The zero-order valence-corrected chi connectivity index (χ0v) is 16.6. The number of anilines is 1. The van der Waals surface area contributed by atoms with Crippen LogP contribution in [0.1, 0.15) is 15.2 Å². The summed E-state index contributed by atoms with van der Waals surface area (Å²) >= 11 is 4.62. The zero-order valence-electron chi connectivity index (χ0n) is 13.3. The molecule has 1 aromatic heterocycles. The Labute approximate surface area is 163 Å². The highest BCUT2D eigenvalue weighted by Crippen LogP contribution is 2.45. The highest BCUT2D eigenvalue weighted by Gasteiger charge is 2.33. The monoisotopic (exact) mass is 448 g/mol. The zero-order chi connectivity index (χ0) is 18.5. The molecule has 0 fully saturated rings. The Kier molecular flexibility index (Phi) is 4.13. The minimum absolute atomic E-state index is 0.161. The third-order valence-corrected chi connectivity index (χ3v) is 7.71. The first-order valence-electron chi connectivity index (χ1n) is 7.68. The highest BCUT2D eigenvalue weighted by atomic mass is 79.9. The lowest BCUT2D eigenvalue weighted by atomic mass is 10.0. The first-order valence-corrected chi connectivity index (χ1v) is 10.7. The van der Waals surface area contributed by atoms with Crippen LogP contribution in [-0.2, 0) is 16.6 Å². The molecule has 2 aromatic carbocycles. The topological polar surface area (TPSA) is 80.5 Å². The van der Waals surface area contributed by atoms with Crippen molar-refractivity contribution in [1.29, 1.82) is 0 Å². The van der Waals surface area contributed by atoms with Crippen LogP contribution in [0.2, 0.25) is 0 Å². The van der Waals surface area contributed by atoms with E-state index in [1.54, 1.807) is 42.5 Å². The quantitative estimate of drug-likeness (QED) is 0.657. The number of nitrogens with two attached hydrogens (primary N) is 1. The summed E-state index contributed by atoms with van der Waals surface area (Å²) in [5, 5.41) is 0. The smallest absolute Gasteiger partial charge is 0.264 e. The lowest BCUT2D eigenvalue weighted by Gasteiger charge is -2.30. The van der Waals surface area contributed by atoms with Gasteiger partial charge in [-0.3, -0.25) is 9.10 Å². The van der Waals surface area contributed by atoms with E-state index in [2.05, 4.69) is 15.9 Å². The molecule has 0 aliphatic carbocycles. The summed E-state index contributed by atoms with van der Waals surface area (Å²) in [6.45, 7) is 0.161. The number of carbonyl (C=O) groups excluding carboxylic acids is 1. The maximum Gasteiger partial charge on any atom is 0.264 e. The minimum Gasteiger partial charge on any atom is -0.365 e. The maximum absolute atomic E-state index is 13.2. The number of sulfonamides is 1. The average molecular weight is 449 g/mol. The van der Waals surface area contributed by atoms with Crippen LogP contribution in [-0.4, -0.2) is 14.3 Å². The van der Waals surface area contributed by atoms with Gasteiger partial charge in [0.15, 0.2) is 0 Å². The molecule has 0 unspecified atom stereocenters. The fraction of sp³-hybridized carbons (Fsp3) is 0.0556. The van der Waals surface area contributed by atoms with Gasteiger partial charge in [0.2, 0.25) is 0 Å². The van der Waals surface area contributed by atoms with Gasteiger partial charge in [-0.05, 0) is 42.0 Å². The molecule has 1 amide bonds. The fourth-order valence-corrected chi connectivity index (χ4v) is 5.75. The van der Waals surface area contributed by atoms with E-state index in [4.69, 9.17) is 5.73 Å². The van der Waals surface area contributed by atoms with Crippen LogP contribution in [0.5, 0.6) is 0 Å². The molecular formula is C18H13BrN2O3S2. The first-order chi connectivity index (χ1) is 12.4. The van der Waals surface area contributed by atoms with Crippen LogP contribution in [0, 0.1) is 0 Å². The van der Waals surface area contributed by atoms with Crippen LogP contribution in [0.15, 0.2) is 64.0 Å². The maximum atomic E-state index is 13.2. The van der Waals surface area contributed by atoms with Crippen molar-refractivity contribution >= 4 is 48.9 Å². The predicted octanol–water partition coefficient (Wildman–Crippen LogP) is 3.99. The molecule has 4 rings (SSSR count). The van der Waals surface area contributed by atoms with Gasteiger partial charge in [-0.25, -0.2) is 8.42 Å². The molecule has 0 saturated heterocycles. The molecule has 0 radical (unpaired) electrons. The lowest BCUT2D eigenvalue weighted by Crippen LogP contribution is -2.32. The van der Waals surface area contributed by atoms with Gasteiger partial charge in [0.1, 0.15) is 0 Å². The van der Waals surface area contributed by atoms with Crippen molar-refractivity contribution in [1.82, 2.24) is 0 Å². The Morgan fingerprint density at radius 3 is 2.50 bits per heavy atom. The van der Waals surface area contributed by atoms with Crippen molar-refractivity contribution in [3.63, 3.8) is 0 Å². The normalized spacial score (nSPS) is 13.2. The number of amides is 1. The Morgan fingerprint density at radius 2 is 1.81 bits per heavy atom. The molecule has 0 spiro atoms. The van der Waals surface area contributed by atoms with Crippen molar-refractivity contribution in [2.75, 3.05) is 4.31 Å². The van der Waals surface area contributed by atoms with Gasteiger partial charge >= 0.3 is 0 Å². The fourth-order valence-electron chi connectivity index (χ4n) is 2.97. The summed E-state index contributed by atoms with van der Waals surface area (Å²) in [6.07, 6.45) is 0. The lowest BCUT2D eigenvalue weighted by molar-refractivity contribution is 0.100. The van der Waals surface area contributed by atoms with E-state index < -0.39 is 15.9 Å². The average Bonchev–Trinajstić information content (AvgIpc) is 3.06. The summed E-state index contributed by atoms with van der Waals surface area (Å²) in [7, 11) is -3.74. The summed E-state index contributed by atoms with van der Waals surface area (Å²) in [4.78, 5) is 13.1. The summed E-state index contributed by atoms with van der Waals surface area (Å²) in [5.74, 6) is -0.510. The van der Waals surface area contributed by atoms with E-state index >= 15 is 0 Å². The molecule has 5 nitrogen and oxygen atoms in total. The van der Waals surface area contributed by atoms with Gasteiger partial charge in [-0.15, -0.1) is 11.3 Å². The van der Waals surface area contributed by atoms with Gasteiger partial charge in [0, 0.05) is 14.9 Å². The van der Waals surface area contributed by atoms with Crippen molar-refractivity contribution in [3.8, 4) is 10.4 Å². The second-order valence-corrected chi connectivity index (χ2v) is 9.64. The molecule has 0 bridgehead atoms. The van der Waals surface area contributed by atoms with Crippen LogP contribution < -0.4 is 10.0 Å². The molecule has 0 atom stereocenters. The largest absolute Gasteiger partial charge is 0.365 e. The van der Waals surface area contributed by atoms with E-state index in [1.165, 1.54) is 15.6 Å². The number of hydrogen-bond acceptors (Lipinski definition) is 4. The predicted molar refractivity (Wildman–Crippen MR) is 106 cm³/mol. The third kappa shape index (κ3) is 2.74. The molecule has 1 aliphatic rings. The molecule has 3 aromatic rings. The van der Waals surface area contributed by atoms with Crippen molar-refractivity contribution in [2.24, 2.45) is 5.73 Å². The van der Waals surface area contributed by atoms with Gasteiger partial charge in [0.05, 0.1) is 22.0 Å². The Morgan fingerprint density at radius 1 is 1.12 bits per heavy atom. The van der Waals surface area contributed by atoms with Crippen LogP contribution in [0.3, 0.4) is 0 Å². The molecule has 0 saturated carbocycles. The van der Waals surface area contributed by atoms with Crippen molar-refractivity contribution in [2.45, 2.75) is 11.4 Å². The number of rotatable bonds is 3. The molecular weight excluding hydrogens is 436 g/mol. The number of nitrogens with zero attached hydrogens (tertiary/aromatic N) is 1. The number of thiophene rings is 1. The van der Waals surface area contributed by atoms with E-state index in [-0.39, 0.29) is 11.4 Å². The van der Waals surface area contributed by atoms with Crippen LogP contribution >= 0.6 is 27.3 Å². The second-order valence-electron chi connectivity index (χ2n) is 5.81. The molecule has 1 aliphatic heterocycles. The molecule has 8 heteroatoms. The highest BCUT2D eigenvalue weighted by molar-refractivity contribution is 9.10. The number of halogens is 1. The van der Waals surface area contributed by atoms with E-state index in [1.807, 2.05) is 12.1 Å². The minimum atomic E-state index is -3.74. The Hall–Kier alpha value is -2.16. The number of para-hydroxylation sites is 1. The summed E-state index contributed by atoms with van der Waals surface area (Å²) < 4.78 is 28.7. The van der Waals surface area contributed by atoms with E-state index in [9.17, 15) is 13.2 Å². The Balaban J connectivity index is 1.88. The SMILES string of the molecule is NC(=O)c1cc2c(s1)-c1ccccc1N(S(=O)(=O)c1ccc(Br)cc1)C2. The molecule has 2 heterocycles. The second kappa shape index (κ2) is 6.22. The third-order valence-electron chi connectivity index (χ3n) is 4.18. The van der Waals surface area contributed by atoms with Crippen LogP contribution in [0.25, 0.3) is 10.4 Å². The molecule has 26 heavy (non-hydrogen) atoms. The van der Waals surface area contributed by atoms with Gasteiger partial charge in [-0.2, -0.15) is 0 Å². The Bertz CT molecular complexity index is 1120. The number of benzene rings is 2. The molecule has 132 valence electrons. The van der Waals surface area contributed by atoms with Gasteiger partial charge < -0.3 is 5.73 Å². The number of hydrogen-bond donors (Lipinski definition) is 1. The van der Waals surface area contributed by atoms with E-state index in [0.717, 1.165) is 20.5 Å². The number of carbonyl (C=O) groups is 1. The van der Waals surface area contributed by atoms with Gasteiger partial charge in [-0.1, -0.05) is 34.1 Å². The van der Waals surface area contributed by atoms with E-state index in [0.29, 0.717) is 10.6 Å². The number of fused-ring (bicyclic) bond motifs is 3. The van der Waals surface area contributed by atoms with Crippen molar-refractivity contribution < 1.29 is 13.2 Å². The standard InChI is InChI=1S/C18H13BrN2O3S2/c19-12-5-7-13(8-6-12)26(23,24)21-10-11-9-16(18(20)22)25-17(11)14-3-1-2-4-15(14)21/h1-9H,10H2,(H2,20,22). The summed E-state index contributed by atoms with van der Waals surface area (Å²) in [6, 6.07) is 15.5. The van der Waals surface area contributed by atoms with Gasteiger partial charge in [0.25, 0.3) is 15.9 Å². The van der Waals surface area contributed by atoms with Crippen LogP contribution in [0.4, 0.5) is 5.69 Å². The first kappa shape index (κ1) is 17.3. The van der Waals surface area contributed by atoms with Crippen molar-refractivity contribution in [3.05, 3.63) is 69.5 Å². The summed E-state index contributed by atoms with van der Waals surface area (Å²) in [5.41, 5.74) is 7.57. The number of primary amides is 1.